The maximum absolute atomic E-state index is 13.7. The maximum atomic E-state index is 13.7. The van der Waals surface area contributed by atoms with Crippen molar-refractivity contribution >= 4 is 29.3 Å². The van der Waals surface area contributed by atoms with Crippen LogP contribution in [-0.4, -0.2) is 62.9 Å². The van der Waals surface area contributed by atoms with Gasteiger partial charge in [0.15, 0.2) is 11.3 Å². The average molecular weight is 488 g/mol. The monoisotopic (exact) mass is 487 g/mol. The van der Waals surface area contributed by atoms with Crippen molar-refractivity contribution in [1.29, 1.82) is 0 Å². The molecule has 3 aromatic heterocycles. The van der Waals surface area contributed by atoms with Gasteiger partial charge in [0, 0.05) is 38.0 Å². The number of ether oxygens (including phenoxy) is 1. The van der Waals surface area contributed by atoms with Crippen LogP contribution in [0.3, 0.4) is 0 Å². The zero-order valence-electron chi connectivity index (χ0n) is 19.1. The molecule has 0 atom stereocenters. The van der Waals surface area contributed by atoms with Crippen molar-refractivity contribution < 1.29 is 23.1 Å². The van der Waals surface area contributed by atoms with Crippen LogP contribution in [0.4, 0.5) is 20.3 Å². The van der Waals surface area contributed by atoms with E-state index in [0.717, 1.165) is 19.3 Å². The molecule has 1 N–H and O–H groups in total. The van der Waals surface area contributed by atoms with E-state index in [0.29, 0.717) is 56.9 Å². The molecule has 10 nitrogen and oxygen atoms in total. The Morgan fingerprint density at radius 1 is 1.20 bits per heavy atom. The molecule has 0 radical (unpaired) electrons. The van der Waals surface area contributed by atoms with Crippen molar-refractivity contribution in [1.82, 2.24) is 24.4 Å². The zero-order chi connectivity index (χ0) is 24.4. The van der Waals surface area contributed by atoms with Crippen LogP contribution in [0.2, 0.25) is 0 Å². The molecule has 1 aliphatic heterocycles. The van der Waals surface area contributed by atoms with Gasteiger partial charge in [0.1, 0.15) is 17.7 Å². The number of rotatable bonds is 6. The van der Waals surface area contributed by atoms with Crippen molar-refractivity contribution in [3.05, 3.63) is 35.9 Å². The molecule has 0 spiro atoms. The normalized spacial score (nSPS) is 21.3. The molecule has 2 aliphatic rings. The van der Waals surface area contributed by atoms with Gasteiger partial charge >= 0.3 is 0 Å². The number of carbonyl (C=O) groups is 2. The van der Waals surface area contributed by atoms with E-state index in [2.05, 4.69) is 25.4 Å². The Balaban J connectivity index is 1.38. The van der Waals surface area contributed by atoms with E-state index in [1.165, 1.54) is 21.6 Å². The lowest BCUT2D eigenvalue weighted by Gasteiger charge is -2.25. The lowest BCUT2D eigenvalue weighted by molar-refractivity contribution is -0.112. The molecule has 12 heteroatoms. The van der Waals surface area contributed by atoms with E-state index >= 15 is 0 Å². The number of fused-ring (bicyclic) bond motifs is 1. The number of halogens is 2. The molecule has 0 bridgehead atoms. The number of hydrogen-bond acceptors (Lipinski definition) is 7. The van der Waals surface area contributed by atoms with Crippen molar-refractivity contribution in [3.63, 3.8) is 0 Å². The van der Waals surface area contributed by atoms with E-state index in [1.807, 2.05) is 6.07 Å². The molecule has 0 aromatic carbocycles. The molecule has 186 valence electrons. The van der Waals surface area contributed by atoms with Gasteiger partial charge in [-0.05, 0) is 38.2 Å². The molecule has 1 amide bonds. The molecule has 1 saturated heterocycles. The third-order valence-electron chi connectivity index (χ3n) is 6.67. The van der Waals surface area contributed by atoms with Crippen LogP contribution >= 0.6 is 0 Å². The number of aromatic nitrogens is 5. The summed E-state index contributed by atoms with van der Waals surface area (Å²) < 4.78 is 36.0. The van der Waals surface area contributed by atoms with Crippen LogP contribution in [0.1, 0.15) is 60.6 Å². The standard InChI is InChI=1S/C23H27F2N7O3/c24-21(25)20-18(13-32(29-20)16-4-2-15(14-33)3-5-16)27-23(34)17-12-26-31-8-6-19(28-22(17)31)30-7-1-10-35-11-9-30/h6,8,12-16,21H,1-5,7,9-11H2,(H,27,34). The van der Waals surface area contributed by atoms with E-state index in [4.69, 9.17) is 4.74 Å². The van der Waals surface area contributed by atoms with Crippen molar-refractivity contribution in [3.8, 4) is 0 Å². The molecular formula is C23H27F2N7O3. The van der Waals surface area contributed by atoms with Crippen LogP contribution in [0, 0.1) is 5.92 Å². The number of alkyl halides is 2. The minimum absolute atomic E-state index is 0.00501. The Morgan fingerprint density at radius 3 is 2.80 bits per heavy atom. The molecular weight excluding hydrogens is 460 g/mol. The van der Waals surface area contributed by atoms with Crippen LogP contribution in [0.25, 0.3) is 5.65 Å². The van der Waals surface area contributed by atoms with Gasteiger partial charge in [0.05, 0.1) is 24.5 Å². The van der Waals surface area contributed by atoms with Crippen LogP contribution < -0.4 is 10.2 Å². The first-order valence-electron chi connectivity index (χ1n) is 11.8. The molecule has 1 saturated carbocycles. The summed E-state index contributed by atoms with van der Waals surface area (Å²) in [6.45, 7) is 2.75. The Hall–Kier alpha value is -3.41. The van der Waals surface area contributed by atoms with Gasteiger partial charge in [-0.2, -0.15) is 10.2 Å². The predicted octanol–water partition coefficient (Wildman–Crippen LogP) is 3.27. The number of amides is 1. The van der Waals surface area contributed by atoms with Gasteiger partial charge in [-0.1, -0.05) is 0 Å². The van der Waals surface area contributed by atoms with Crippen LogP contribution in [-0.2, 0) is 9.53 Å². The molecule has 35 heavy (non-hydrogen) atoms. The summed E-state index contributed by atoms with van der Waals surface area (Å²) in [6.07, 6.45) is 6.25. The summed E-state index contributed by atoms with van der Waals surface area (Å²) in [5, 5.41) is 10.9. The van der Waals surface area contributed by atoms with E-state index in [9.17, 15) is 18.4 Å². The van der Waals surface area contributed by atoms with Crippen LogP contribution in [0.15, 0.2) is 24.7 Å². The largest absolute Gasteiger partial charge is 0.380 e. The first-order valence-corrected chi connectivity index (χ1v) is 11.8. The lowest BCUT2D eigenvalue weighted by atomic mass is 9.87. The Morgan fingerprint density at radius 2 is 2.03 bits per heavy atom. The highest BCUT2D eigenvalue weighted by Gasteiger charge is 2.27. The molecule has 5 rings (SSSR count). The summed E-state index contributed by atoms with van der Waals surface area (Å²) in [7, 11) is 0. The lowest BCUT2D eigenvalue weighted by Crippen LogP contribution is -2.27. The fourth-order valence-electron chi connectivity index (χ4n) is 4.71. The topological polar surface area (TPSA) is 107 Å². The third kappa shape index (κ3) is 4.88. The Labute approximate surface area is 200 Å². The molecule has 0 unspecified atom stereocenters. The summed E-state index contributed by atoms with van der Waals surface area (Å²) >= 11 is 0. The first kappa shape index (κ1) is 23.3. The zero-order valence-corrected chi connectivity index (χ0v) is 19.1. The van der Waals surface area contributed by atoms with E-state index in [-0.39, 0.29) is 23.2 Å². The highest BCUT2D eigenvalue weighted by molar-refractivity contribution is 6.08. The number of aldehydes is 1. The van der Waals surface area contributed by atoms with Gasteiger partial charge in [-0.15, -0.1) is 0 Å². The second-order valence-corrected chi connectivity index (χ2v) is 8.93. The summed E-state index contributed by atoms with van der Waals surface area (Å²) in [6, 6.07) is 1.74. The van der Waals surface area contributed by atoms with Gasteiger partial charge < -0.3 is 19.7 Å². The SMILES string of the molecule is O=CC1CCC(n2cc(NC(=O)c3cnn4ccc(N5CCCOCC5)nc34)c(C(F)F)n2)CC1. The summed E-state index contributed by atoms with van der Waals surface area (Å²) in [4.78, 5) is 30.8. The summed E-state index contributed by atoms with van der Waals surface area (Å²) in [5.41, 5.74) is -0.00560. The highest BCUT2D eigenvalue weighted by Crippen LogP contribution is 2.34. The minimum atomic E-state index is -2.85. The molecule has 1 aliphatic carbocycles. The van der Waals surface area contributed by atoms with Crippen molar-refractivity contribution in [2.24, 2.45) is 5.92 Å². The fourth-order valence-corrected chi connectivity index (χ4v) is 4.71. The van der Waals surface area contributed by atoms with Gasteiger partial charge in [0.2, 0.25) is 0 Å². The van der Waals surface area contributed by atoms with Crippen molar-refractivity contribution in [2.45, 2.75) is 44.6 Å². The van der Waals surface area contributed by atoms with Gasteiger partial charge in [0.25, 0.3) is 12.3 Å². The first-order chi connectivity index (χ1) is 17.0. The number of nitrogens with one attached hydrogen (secondary N) is 1. The fraction of sp³-hybridized carbons (Fsp3) is 0.522. The molecule has 2 fully saturated rings. The smallest absolute Gasteiger partial charge is 0.284 e. The third-order valence-corrected chi connectivity index (χ3v) is 6.67. The molecule has 3 aromatic rings. The van der Waals surface area contributed by atoms with E-state index in [1.54, 1.807) is 6.20 Å². The Bertz CT molecular complexity index is 1200. The van der Waals surface area contributed by atoms with Gasteiger partial charge in [-0.3, -0.25) is 9.48 Å². The quantitative estimate of drug-likeness (QED) is 0.532. The summed E-state index contributed by atoms with van der Waals surface area (Å²) in [5.74, 6) is 0.116. The number of anilines is 2. The van der Waals surface area contributed by atoms with E-state index < -0.39 is 18.0 Å². The molecule has 4 heterocycles. The minimum Gasteiger partial charge on any atom is -0.380 e. The second kappa shape index (κ2) is 10.1. The highest BCUT2D eigenvalue weighted by atomic mass is 19.3. The predicted molar refractivity (Wildman–Crippen MR) is 123 cm³/mol. The number of carbonyl (C=O) groups excluding carboxylic acids is 2. The second-order valence-electron chi connectivity index (χ2n) is 8.93. The number of hydrogen-bond donors (Lipinski definition) is 1. The number of nitrogens with zero attached hydrogens (tertiary/aromatic N) is 6. The maximum Gasteiger partial charge on any atom is 0.284 e. The van der Waals surface area contributed by atoms with Crippen molar-refractivity contribution in [2.75, 3.05) is 36.5 Å². The Kier molecular flexibility index (Phi) is 6.71. The van der Waals surface area contributed by atoms with Gasteiger partial charge in [-0.25, -0.2) is 18.3 Å². The van der Waals surface area contributed by atoms with Crippen LogP contribution in [0.5, 0.6) is 0 Å². The average Bonchev–Trinajstić information content (AvgIpc) is 3.39.